The van der Waals surface area contributed by atoms with E-state index in [1.807, 2.05) is 24.4 Å². The molecule has 7 heteroatoms. The summed E-state index contributed by atoms with van der Waals surface area (Å²) < 4.78 is 0. The molecule has 0 bridgehead atoms. The first-order chi connectivity index (χ1) is 12.8. The van der Waals surface area contributed by atoms with Crippen LogP contribution in [0.5, 0.6) is 0 Å². The Balaban J connectivity index is 1.97. The third kappa shape index (κ3) is 6.75. The number of hydrogen-bond donors (Lipinski definition) is 3. The third-order valence-electron chi connectivity index (χ3n) is 5.20. The lowest BCUT2D eigenvalue weighted by Crippen LogP contribution is -2.55. The smallest absolute Gasteiger partial charge is 0.191 e. The van der Waals surface area contributed by atoms with E-state index in [9.17, 15) is 5.11 Å². The summed E-state index contributed by atoms with van der Waals surface area (Å²) in [6.45, 7) is 14.9. The van der Waals surface area contributed by atoms with Gasteiger partial charge in [0.1, 0.15) is 5.60 Å². The second kappa shape index (κ2) is 10.4. The number of hydrogen-bond acceptors (Lipinski definition) is 5. The molecule has 2 heterocycles. The highest BCUT2D eigenvalue weighted by Crippen LogP contribution is 2.25. The Bertz CT molecular complexity index is 565. The first kappa shape index (κ1) is 22.1. The van der Waals surface area contributed by atoms with E-state index in [1.165, 1.54) is 0 Å². The van der Waals surface area contributed by atoms with Crippen molar-refractivity contribution in [3.63, 3.8) is 0 Å². The van der Waals surface area contributed by atoms with Gasteiger partial charge in [-0.2, -0.15) is 0 Å². The fourth-order valence-corrected chi connectivity index (χ4v) is 4.16. The highest BCUT2D eigenvalue weighted by atomic mass is 32.1. The van der Waals surface area contributed by atoms with Crippen molar-refractivity contribution < 1.29 is 5.11 Å². The topological polar surface area (TPSA) is 63.1 Å². The van der Waals surface area contributed by atoms with Crippen LogP contribution in [0.2, 0.25) is 0 Å². The lowest BCUT2D eigenvalue weighted by Gasteiger charge is -2.40. The van der Waals surface area contributed by atoms with Gasteiger partial charge in [0, 0.05) is 50.2 Å². The SMILES string of the molecule is CCNC(=NCC(C)(O)c1cccs1)NCC(C(C)C)N1CCN(C)CC1. The lowest BCUT2D eigenvalue weighted by molar-refractivity contribution is 0.0710. The van der Waals surface area contributed by atoms with Crippen molar-refractivity contribution in [2.75, 3.05) is 52.9 Å². The van der Waals surface area contributed by atoms with Crippen molar-refractivity contribution in [2.24, 2.45) is 10.9 Å². The Morgan fingerprint density at radius 2 is 2.00 bits per heavy atom. The summed E-state index contributed by atoms with van der Waals surface area (Å²) in [5.74, 6) is 1.34. The first-order valence-electron chi connectivity index (χ1n) is 10.0. The molecule has 154 valence electrons. The Morgan fingerprint density at radius 3 is 2.56 bits per heavy atom. The molecule has 0 saturated carbocycles. The molecule has 3 N–H and O–H groups in total. The van der Waals surface area contributed by atoms with Crippen LogP contribution in [0.4, 0.5) is 0 Å². The molecule has 1 fully saturated rings. The minimum Gasteiger partial charge on any atom is -0.383 e. The van der Waals surface area contributed by atoms with Crippen LogP contribution in [0.25, 0.3) is 0 Å². The summed E-state index contributed by atoms with van der Waals surface area (Å²) in [6.07, 6.45) is 0. The van der Waals surface area contributed by atoms with E-state index in [2.05, 4.69) is 53.2 Å². The molecule has 0 radical (unpaired) electrons. The average Bonchev–Trinajstić information content (AvgIpc) is 3.16. The summed E-state index contributed by atoms with van der Waals surface area (Å²) in [5, 5.41) is 19.5. The van der Waals surface area contributed by atoms with Crippen LogP contribution >= 0.6 is 11.3 Å². The number of likely N-dealkylation sites (N-methyl/N-ethyl adjacent to an activating group) is 1. The molecular formula is C20H37N5OS. The van der Waals surface area contributed by atoms with Crippen molar-refractivity contribution >= 4 is 17.3 Å². The molecule has 0 aliphatic carbocycles. The van der Waals surface area contributed by atoms with E-state index in [0.29, 0.717) is 18.5 Å². The van der Waals surface area contributed by atoms with Crippen molar-refractivity contribution in [3.8, 4) is 0 Å². The molecule has 1 saturated heterocycles. The van der Waals surface area contributed by atoms with E-state index in [0.717, 1.165) is 50.1 Å². The largest absolute Gasteiger partial charge is 0.383 e. The Labute approximate surface area is 168 Å². The van der Waals surface area contributed by atoms with Crippen molar-refractivity contribution in [3.05, 3.63) is 22.4 Å². The number of rotatable bonds is 8. The molecule has 0 spiro atoms. The first-order valence-corrected chi connectivity index (χ1v) is 10.9. The molecular weight excluding hydrogens is 358 g/mol. The van der Waals surface area contributed by atoms with Gasteiger partial charge in [0.2, 0.25) is 0 Å². The van der Waals surface area contributed by atoms with E-state index in [4.69, 9.17) is 0 Å². The number of aliphatic imine (C=N–C) groups is 1. The van der Waals surface area contributed by atoms with Crippen LogP contribution in [0.15, 0.2) is 22.5 Å². The van der Waals surface area contributed by atoms with E-state index < -0.39 is 5.60 Å². The summed E-state index contributed by atoms with van der Waals surface area (Å²) in [7, 11) is 2.19. The maximum absolute atomic E-state index is 10.7. The van der Waals surface area contributed by atoms with Gasteiger partial charge in [-0.25, -0.2) is 4.99 Å². The van der Waals surface area contributed by atoms with Crippen molar-refractivity contribution in [1.29, 1.82) is 0 Å². The maximum Gasteiger partial charge on any atom is 0.191 e. The number of nitrogens with one attached hydrogen (secondary N) is 2. The van der Waals surface area contributed by atoms with Gasteiger partial charge in [0.25, 0.3) is 0 Å². The zero-order chi connectivity index (χ0) is 19.9. The highest BCUT2D eigenvalue weighted by Gasteiger charge is 2.26. The minimum absolute atomic E-state index is 0.337. The molecule has 1 aromatic rings. The Hall–Kier alpha value is -1.15. The number of guanidine groups is 1. The second-order valence-corrected chi connectivity index (χ2v) is 8.93. The number of thiophene rings is 1. The van der Waals surface area contributed by atoms with Gasteiger partial charge in [-0.05, 0) is 38.3 Å². The van der Waals surface area contributed by atoms with Gasteiger partial charge in [-0.1, -0.05) is 19.9 Å². The van der Waals surface area contributed by atoms with Crippen LogP contribution < -0.4 is 10.6 Å². The summed E-state index contributed by atoms with van der Waals surface area (Å²) in [6, 6.07) is 4.40. The van der Waals surface area contributed by atoms with Crippen LogP contribution in [0.3, 0.4) is 0 Å². The molecule has 0 amide bonds. The zero-order valence-corrected chi connectivity index (χ0v) is 18.4. The molecule has 27 heavy (non-hydrogen) atoms. The van der Waals surface area contributed by atoms with E-state index in [1.54, 1.807) is 11.3 Å². The minimum atomic E-state index is -0.939. The highest BCUT2D eigenvalue weighted by molar-refractivity contribution is 7.10. The maximum atomic E-state index is 10.7. The number of nitrogens with zero attached hydrogens (tertiary/aromatic N) is 3. The molecule has 2 unspecified atom stereocenters. The van der Waals surface area contributed by atoms with Gasteiger partial charge >= 0.3 is 0 Å². The Kier molecular flexibility index (Phi) is 8.54. The summed E-state index contributed by atoms with van der Waals surface area (Å²) >= 11 is 1.57. The summed E-state index contributed by atoms with van der Waals surface area (Å²) in [4.78, 5) is 10.6. The van der Waals surface area contributed by atoms with Crippen LogP contribution in [0.1, 0.15) is 32.6 Å². The zero-order valence-electron chi connectivity index (χ0n) is 17.5. The second-order valence-electron chi connectivity index (χ2n) is 7.98. The fraction of sp³-hybridized carbons (Fsp3) is 0.750. The monoisotopic (exact) mass is 395 g/mol. The van der Waals surface area contributed by atoms with E-state index in [-0.39, 0.29) is 0 Å². The molecule has 2 atom stereocenters. The summed E-state index contributed by atoms with van der Waals surface area (Å²) in [5.41, 5.74) is -0.939. The predicted octanol–water partition coefficient (Wildman–Crippen LogP) is 1.78. The van der Waals surface area contributed by atoms with Crippen LogP contribution in [-0.2, 0) is 5.60 Å². The normalized spacial score (nSPS) is 20.5. The van der Waals surface area contributed by atoms with Crippen LogP contribution in [0, 0.1) is 5.92 Å². The van der Waals surface area contributed by atoms with Crippen molar-refractivity contribution in [2.45, 2.75) is 39.3 Å². The fourth-order valence-electron chi connectivity index (χ4n) is 3.38. The molecule has 1 aliphatic rings. The van der Waals surface area contributed by atoms with Gasteiger partial charge in [-0.3, -0.25) is 4.90 Å². The van der Waals surface area contributed by atoms with Gasteiger partial charge < -0.3 is 20.6 Å². The molecule has 0 aromatic carbocycles. The standard InChI is InChI=1S/C20H37N5OS/c1-6-21-19(23-15-20(4,26)18-8-7-13-27-18)22-14-17(16(2)3)25-11-9-24(5)10-12-25/h7-8,13,16-17,26H,6,9-12,14-15H2,1-5H3,(H2,21,22,23). The van der Waals surface area contributed by atoms with Crippen molar-refractivity contribution in [1.82, 2.24) is 20.4 Å². The molecule has 1 aliphatic heterocycles. The predicted molar refractivity (Wildman–Crippen MR) is 116 cm³/mol. The van der Waals surface area contributed by atoms with Gasteiger partial charge in [-0.15, -0.1) is 11.3 Å². The lowest BCUT2D eigenvalue weighted by atomic mass is 10.0. The van der Waals surface area contributed by atoms with Gasteiger partial charge in [0.05, 0.1) is 6.54 Å². The molecule has 1 aromatic heterocycles. The van der Waals surface area contributed by atoms with Crippen LogP contribution in [-0.4, -0.2) is 79.8 Å². The van der Waals surface area contributed by atoms with E-state index >= 15 is 0 Å². The number of piperazine rings is 1. The third-order valence-corrected chi connectivity index (χ3v) is 6.32. The molecule has 6 nitrogen and oxygen atoms in total. The average molecular weight is 396 g/mol. The Morgan fingerprint density at radius 1 is 1.30 bits per heavy atom. The number of aliphatic hydroxyl groups is 1. The quantitative estimate of drug-likeness (QED) is 0.463. The van der Waals surface area contributed by atoms with Gasteiger partial charge in [0.15, 0.2) is 5.96 Å². The molecule has 2 rings (SSSR count).